The van der Waals surface area contributed by atoms with E-state index in [2.05, 4.69) is 4.72 Å². The van der Waals surface area contributed by atoms with Crippen molar-refractivity contribution < 1.29 is 23.1 Å². The van der Waals surface area contributed by atoms with Crippen LogP contribution in [0.2, 0.25) is 0 Å². The Morgan fingerprint density at radius 2 is 1.68 bits per heavy atom. The fraction of sp³-hybridized carbons (Fsp3) is 0.381. The Balaban J connectivity index is 1.91. The van der Waals surface area contributed by atoms with Gasteiger partial charge in [0.1, 0.15) is 11.5 Å². The van der Waals surface area contributed by atoms with Crippen molar-refractivity contribution in [3.05, 3.63) is 52.1 Å². The number of rotatable bonds is 3. The van der Waals surface area contributed by atoms with Crippen LogP contribution in [0.15, 0.2) is 29.2 Å². The van der Waals surface area contributed by atoms with E-state index in [0.717, 1.165) is 22.3 Å². The van der Waals surface area contributed by atoms with Gasteiger partial charge < -0.3 is 9.84 Å². The molecular formula is C21H25NO5S. The summed E-state index contributed by atoms with van der Waals surface area (Å²) in [4.78, 5) is 12.9. The third-order valence-corrected chi connectivity index (χ3v) is 6.91. The molecule has 0 aliphatic carbocycles. The number of hydrogen-bond donors (Lipinski definition) is 2. The fourth-order valence-corrected chi connectivity index (χ4v) is 4.49. The van der Waals surface area contributed by atoms with Gasteiger partial charge in [-0.2, -0.15) is 0 Å². The monoisotopic (exact) mass is 403 g/mol. The van der Waals surface area contributed by atoms with Gasteiger partial charge in [-0.25, -0.2) is 13.1 Å². The van der Waals surface area contributed by atoms with Crippen LogP contribution in [-0.2, 0) is 21.2 Å². The molecule has 0 saturated heterocycles. The zero-order valence-electron chi connectivity index (χ0n) is 16.7. The molecule has 28 heavy (non-hydrogen) atoms. The van der Waals surface area contributed by atoms with E-state index in [1.807, 2.05) is 20.8 Å². The van der Waals surface area contributed by atoms with Crippen LogP contribution in [0.25, 0.3) is 0 Å². The maximum atomic E-state index is 12.9. The molecule has 0 radical (unpaired) electrons. The predicted molar refractivity (Wildman–Crippen MR) is 106 cm³/mol. The van der Waals surface area contributed by atoms with Crippen LogP contribution in [0.4, 0.5) is 0 Å². The van der Waals surface area contributed by atoms with Crippen molar-refractivity contribution in [2.24, 2.45) is 0 Å². The Kier molecular flexibility index (Phi) is 4.91. The summed E-state index contributed by atoms with van der Waals surface area (Å²) < 4.78 is 33.4. The van der Waals surface area contributed by atoms with Crippen LogP contribution in [-0.4, -0.2) is 25.0 Å². The lowest BCUT2D eigenvalue weighted by Crippen LogP contribution is -2.52. The number of aromatic hydroxyl groups is 1. The van der Waals surface area contributed by atoms with E-state index in [1.165, 1.54) is 12.1 Å². The minimum Gasteiger partial charge on any atom is -0.507 e. The maximum absolute atomic E-state index is 12.9. The normalized spacial score (nSPS) is 18.9. The zero-order valence-corrected chi connectivity index (χ0v) is 17.5. The highest BCUT2D eigenvalue weighted by Gasteiger charge is 2.42. The standard InChI is InChI=1S/C21H25NO5S/c1-12-6-8-16(9-7-12)28(25,26)22-20(24)21(5)11-10-17-15(4)18(23)13(2)14(3)19(17)27-21/h6-9,23H,10-11H2,1-5H3,(H,22,24). The van der Waals surface area contributed by atoms with E-state index in [-0.39, 0.29) is 10.6 Å². The molecule has 0 bridgehead atoms. The molecule has 7 heteroatoms. The van der Waals surface area contributed by atoms with Crippen LogP contribution >= 0.6 is 0 Å². The second-order valence-electron chi connectivity index (χ2n) is 7.61. The number of sulfonamides is 1. The molecule has 3 rings (SSSR count). The quantitative estimate of drug-likeness (QED) is 0.821. The molecule has 1 unspecified atom stereocenters. The van der Waals surface area contributed by atoms with Crippen molar-refractivity contribution in [3.63, 3.8) is 0 Å². The first-order valence-corrected chi connectivity index (χ1v) is 10.6. The molecule has 2 aromatic rings. The molecule has 150 valence electrons. The molecular weight excluding hydrogens is 378 g/mol. The number of amides is 1. The second kappa shape index (κ2) is 6.81. The van der Waals surface area contributed by atoms with E-state index in [4.69, 9.17) is 4.74 Å². The highest BCUT2D eigenvalue weighted by Crippen LogP contribution is 2.43. The second-order valence-corrected chi connectivity index (χ2v) is 9.29. The van der Waals surface area contributed by atoms with Crippen molar-refractivity contribution in [2.75, 3.05) is 0 Å². The van der Waals surface area contributed by atoms with Gasteiger partial charge in [0.2, 0.25) is 0 Å². The fourth-order valence-electron chi connectivity index (χ4n) is 3.41. The summed E-state index contributed by atoms with van der Waals surface area (Å²) in [5, 5.41) is 10.3. The minimum atomic E-state index is -3.99. The molecule has 6 nitrogen and oxygen atoms in total. The number of hydrogen-bond acceptors (Lipinski definition) is 5. The largest absolute Gasteiger partial charge is 0.507 e. The molecule has 0 saturated carbocycles. The van der Waals surface area contributed by atoms with Gasteiger partial charge in [-0.05, 0) is 69.9 Å². The van der Waals surface area contributed by atoms with Gasteiger partial charge in [0, 0.05) is 12.0 Å². The number of carbonyl (C=O) groups excluding carboxylic acids is 1. The molecule has 2 aromatic carbocycles. The van der Waals surface area contributed by atoms with E-state index in [9.17, 15) is 18.3 Å². The topological polar surface area (TPSA) is 92.7 Å². The number of fused-ring (bicyclic) bond motifs is 1. The van der Waals surface area contributed by atoms with Gasteiger partial charge in [0.05, 0.1) is 4.90 Å². The Hall–Kier alpha value is -2.54. The summed E-state index contributed by atoms with van der Waals surface area (Å²) in [6.45, 7) is 8.87. The Morgan fingerprint density at radius 1 is 1.07 bits per heavy atom. The molecule has 1 aliphatic rings. The van der Waals surface area contributed by atoms with Gasteiger partial charge in [-0.3, -0.25) is 4.79 Å². The third kappa shape index (κ3) is 3.35. The number of carbonyl (C=O) groups is 1. The van der Waals surface area contributed by atoms with Crippen LogP contribution < -0.4 is 9.46 Å². The summed E-state index contributed by atoms with van der Waals surface area (Å²) in [5.41, 5.74) is 2.62. The van der Waals surface area contributed by atoms with Crippen LogP contribution in [0.3, 0.4) is 0 Å². The molecule has 0 fully saturated rings. The van der Waals surface area contributed by atoms with Gasteiger partial charge >= 0.3 is 0 Å². The van der Waals surface area contributed by atoms with Crippen molar-refractivity contribution in [2.45, 2.75) is 58.0 Å². The van der Waals surface area contributed by atoms with Crippen molar-refractivity contribution in [1.29, 1.82) is 0 Å². The molecule has 0 spiro atoms. The van der Waals surface area contributed by atoms with Crippen molar-refractivity contribution in [1.82, 2.24) is 4.72 Å². The first-order valence-electron chi connectivity index (χ1n) is 9.11. The predicted octanol–water partition coefficient (Wildman–Crippen LogP) is 3.21. The Morgan fingerprint density at radius 3 is 2.29 bits per heavy atom. The maximum Gasteiger partial charge on any atom is 0.277 e. The number of ether oxygens (including phenoxy) is 1. The van der Waals surface area contributed by atoms with Gasteiger partial charge in [0.25, 0.3) is 15.9 Å². The molecule has 1 aliphatic heterocycles. The number of phenols is 1. The van der Waals surface area contributed by atoms with E-state index < -0.39 is 21.5 Å². The summed E-state index contributed by atoms with van der Waals surface area (Å²) in [7, 11) is -3.99. The zero-order chi connectivity index (χ0) is 20.9. The van der Waals surface area contributed by atoms with Crippen LogP contribution in [0, 0.1) is 27.7 Å². The van der Waals surface area contributed by atoms with Gasteiger partial charge in [-0.1, -0.05) is 17.7 Å². The van der Waals surface area contributed by atoms with E-state index >= 15 is 0 Å². The van der Waals surface area contributed by atoms with Gasteiger partial charge in [-0.15, -0.1) is 0 Å². The number of nitrogens with one attached hydrogen (secondary N) is 1. The van der Waals surface area contributed by atoms with E-state index in [1.54, 1.807) is 26.0 Å². The lowest BCUT2D eigenvalue weighted by Gasteiger charge is -2.36. The lowest BCUT2D eigenvalue weighted by molar-refractivity contribution is -0.134. The van der Waals surface area contributed by atoms with Crippen LogP contribution in [0.1, 0.15) is 41.2 Å². The summed E-state index contributed by atoms with van der Waals surface area (Å²) in [6.07, 6.45) is 0.808. The van der Waals surface area contributed by atoms with E-state index in [0.29, 0.717) is 24.2 Å². The van der Waals surface area contributed by atoms with Gasteiger partial charge in [0.15, 0.2) is 5.60 Å². The highest BCUT2D eigenvalue weighted by atomic mass is 32.2. The lowest BCUT2D eigenvalue weighted by atomic mass is 9.87. The first-order chi connectivity index (χ1) is 13.0. The average molecular weight is 404 g/mol. The van der Waals surface area contributed by atoms with Crippen molar-refractivity contribution >= 4 is 15.9 Å². The Labute approximate surface area is 165 Å². The first kappa shape index (κ1) is 20.2. The molecule has 1 heterocycles. The third-order valence-electron chi connectivity index (χ3n) is 5.56. The number of benzene rings is 2. The number of phenolic OH excluding ortho intramolecular Hbond substituents is 1. The summed E-state index contributed by atoms with van der Waals surface area (Å²) in [6, 6.07) is 6.28. The van der Waals surface area contributed by atoms with Crippen LogP contribution in [0.5, 0.6) is 11.5 Å². The molecule has 1 atom stereocenters. The molecule has 1 amide bonds. The molecule has 2 N–H and O–H groups in total. The average Bonchev–Trinajstić information content (AvgIpc) is 2.64. The molecule has 0 aromatic heterocycles. The number of aryl methyl sites for hydroxylation is 1. The minimum absolute atomic E-state index is 0.0269. The highest BCUT2D eigenvalue weighted by molar-refractivity contribution is 7.90. The Bertz CT molecular complexity index is 1060. The summed E-state index contributed by atoms with van der Waals surface area (Å²) >= 11 is 0. The summed E-state index contributed by atoms with van der Waals surface area (Å²) in [5.74, 6) is 0.0702. The smallest absolute Gasteiger partial charge is 0.277 e. The SMILES string of the molecule is Cc1ccc(S(=O)(=O)NC(=O)C2(C)CCc3c(C)c(O)c(C)c(C)c3O2)cc1. The van der Waals surface area contributed by atoms with Crippen molar-refractivity contribution in [3.8, 4) is 11.5 Å².